The number of nitrogens with zero attached hydrogens (tertiary/aromatic N) is 1. The first-order valence-corrected chi connectivity index (χ1v) is 6.55. The van der Waals surface area contributed by atoms with Crippen molar-refractivity contribution in [2.24, 2.45) is 11.7 Å². The Hall–Kier alpha value is -1.66. The van der Waals surface area contributed by atoms with Crippen molar-refractivity contribution >= 4 is 17.2 Å². The first kappa shape index (κ1) is 12.8. The van der Waals surface area contributed by atoms with Crippen LogP contribution in [0, 0.1) is 5.92 Å². The Balaban J connectivity index is 1.99. The van der Waals surface area contributed by atoms with Gasteiger partial charge in [0.2, 0.25) is 0 Å². The molecule has 0 aliphatic carbocycles. The predicted octanol–water partition coefficient (Wildman–Crippen LogP) is 1.73. The van der Waals surface area contributed by atoms with Crippen LogP contribution < -0.4 is 11.1 Å². The van der Waals surface area contributed by atoms with Gasteiger partial charge >= 0.3 is 0 Å². The molecule has 0 aromatic carbocycles. The number of carbonyl (C=O) groups excluding carboxylic acids is 1. The molecule has 5 nitrogen and oxygen atoms in total. The number of hydrogen-bond acceptors (Lipinski definition) is 5. The molecule has 0 saturated heterocycles. The molecule has 1 unspecified atom stereocenters. The summed E-state index contributed by atoms with van der Waals surface area (Å²) in [6, 6.07) is 1.82. The molecule has 2 rings (SSSR count). The van der Waals surface area contributed by atoms with E-state index in [0.717, 1.165) is 10.6 Å². The number of amides is 1. The second-order valence-corrected chi connectivity index (χ2v) is 4.96. The average Bonchev–Trinajstić information content (AvgIpc) is 3.04. The van der Waals surface area contributed by atoms with Gasteiger partial charge in [0.15, 0.2) is 0 Å². The zero-order valence-corrected chi connectivity index (χ0v) is 10.9. The van der Waals surface area contributed by atoms with E-state index in [2.05, 4.69) is 10.3 Å². The van der Waals surface area contributed by atoms with Crippen molar-refractivity contribution in [2.45, 2.75) is 6.92 Å². The summed E-state index contributed by atoms with van der Waals surface area (Å²) in [6.45, 7) is 3.10. The van der Waals surface area contributed by atoms with Gasteiger partial charge in [-0.15, -0.1) is 11.3 Å². The quantitative estimate of drug-likeness (QED) is 0.862. The summed E-state index contributed by atoms with van der Waals surface area (Å²) in [4.78, 5) is 16.1. The van der Waals surface area contributed by atoms with Gasteiger partial charge in [-0.3, -0.25) is 4.79 Å². The van der Waals surface area contributed by atoms with Crippen molar-refractivity contribution < 1.29 is 9.21 Å². The highest BCUT2D eigenvalue weighted by molar-refractivity contribution is 7.13. The first-order chi connectivity index (χ1) is 8.70. The Morgan fingerprint density at radius 3 is 3.17 bits per heavy atom. The Bertz CT molecular complexity index is 507. The van der Waals surface area contributed by atoms with Crippen molar-refractivity contribution in [2.75, 3.05) is 13.1 Å². The summed E-state index contributed by atoms with van der Waals surface area (Å²) in [5.74, 6) is 0.0993. The Morgan fingerprint density at radius 2 is 2.50 bits per heavy atom. The monoisotopic (exact) mass is 265 g/mol. The van der Waals surface area contributed by atoms with E-state index in [4.69, 9.17) is 10.2 Å². The number of carbonyl (C=O) groups is 1. The van der Waals surface area contributed by atoms with Gasteiger partial charge in [0.25, 0.3) is 5.91 Å². The van der Waals surface area contributed by atoms with Gasteiger partial charge < -0.3 is 15.5 Å². The average molecular weight is 265 g/mol. The largest absolute Gasteiger partial charge is 0.472 e. The van der Waals surface area contributed by atoms with Crippen LogP contribution in [0.2, 0.25) is 0 Å². The Morgan fingerprint density at radius 1 is 1.67 bits per heavy atom. The van der Waals surface area contributed by atoms with E-state index in [1.165, 1.54) is 11.3 Å². The van der Waals surface area contributed by atoms with Crippen LogP contribution in [0.25, 0.3) is 10.6 Å². The highest BCUT2D eigenvalue weighted by atomic mass is 32.1. The minimum atomic E-state index is -0.165. The fraction of sp³-hybridized carbons (Fsp3) is 0.333. The summed E-state index contributed by atoms with van der Waals surface area (Å²) in [5.41, 5.74) is 6.80. The van der Waals surface area contributed by atoms with Crippen molar-refractivity contribution in [3.8, 4) is 10.6 Å². The smallest absolute Gasteiger partial charge is 0.270 e. The molecule has 0 radical (unpaired) electrons. The van der Waals surface area contributed by atoms with E-state index >= 15 is 0 Å². The van der Waals surface area contributed by atoms with Crippen molar-refractivity contribution in [3.63, 3.8) is 0 Å². The zero-order chi connectivity index (χ0) is 13.0. The third-order valence-electron chi connectivity index (χ3n) is 2.52. The first-order valence-electron chi connectivity index (χ1n) is 5.67. The van der Waals surface area contributed by atoms with Crippen molar-refractivity contribution in [1.29, 1.82) is 0 Å². The van der Waals surface area contributed by atoms with E-state index < -0.39 is 0 Å². The fourth-order valence-electron chi connectivity index (χ4n) is 1.34. The minimum absolute atomic E-state index is 0.165. The van der Waals surface area contributed by atoms with Crippen molar-refractivity contribution in [1.82, 2.24) is 10.3 Å². The SMILES string of the molecule is CC(CN)CNC(=O)c1csc(-c2ccoc2)n1. The zero-order valence-electron chi connectivity index (χ0n) is 10.1. The molecule has 1 amide bonds. The molecule has 18 heavy (non-hydrogen) atoms. The number of thiazole rings is 1. The highest BCUT2D eigenvalue weighted by Gasteiger charge is 2.12. The van der Waals surface area contributed by atoms with Crippen LogP contribution in [-0.2, 0) is 0 Å². The second-order valence-electron chi connectivity index (χ2n) is 4.10. The third kappa shape index (κ3) is 2.96. The topological polar surface area (TPSA) is 81.1 Å². The molecule has 2 aromatic heterocycles. The third-order valence-corrected chi connectivity index (χ3v) is 3.41. The molecule has 0 bridgehead atoms. The number of nitrogens with one attached hydrogen (secondary N) is 1. The lowest BCUT2D eigenvalue weighted by atomic mass is 10.2. The van der Waals surface area contributed by atoms with E-state index in [1.54, 1.807) is 17.9 Å². The molecule has 0 aliphatic heterocycles. The second kappa shape index (κ2) is 5.79. The molecule has 0 spiro atoms. The van der Waals surface area contributed by atoms with Crippen LogP contribution in [0.1, 0.15) is 17.4 Å². The van der Waals surface area contributed by atoms with E-state index in [1.807, 2.05) is 13.0 Å². The van der Waals surface area contributed by atoms with Crippen LogP contribution in [0.15, 0.2) is 28.4 Å². The summed E-state index contributed by atoms with van der Waals surface area (Å²) in [5, 5.41) is 5.33. The molecule has 0 saturated carbocycles. The molecular weight excluding hydrogens is 250 g/mol. The molecule has 0 fully saturated rings. The lowest BCUT2D eigenvalue weighted by Gasteiger charge is -2.08. The molecular formula is C12H15N3O2S. The maximum Gasteiger partial charge on any atom is 0.270 e. The number of furan rings is 1. The van der Waals surface area contributed by atoms with Gasteiger partial charge in [-0.25, -0.2) is 4.98 Å². The molecule has 96 valence electrons. The van der Waals surface area contributed by atoms with Gasteiger partial charge in [0.1, 0.15) is 17.0 Å². The molecule has 2 aromatic rings. The lowest BCUT2D eigenvalue weighted by Crippen LogP contribution is -2.31. The van der Waals surface area contributed by atoms with Crippen LogP contribution in [0.3, 0.4) is 0 Å². The standard InChI is InChI=1S/C12H15N3O2S/c1-8(4-13)5-14-11(16)10-7-18-12(15-10)9-2-3-17-6-9/h2-3,6-8H,4-5,13H2,1H3,(H,14,16). The summed E-state index contributed by atoms with van der Waals surface area (Å²) < 4.78 is 4.98. The van der Waals surface area contributed by atoms with Crippen molar-refractivity contribution in [3.05, 3.63) is 29.7 Å². The van der Waals surface area contributed by atoms with Gasteiger partial charge in [-0.05, 0) is 18.5 Å². The van der Waals surface area contributed by atoms with Crippen LogP contribution >= 0.6 is 11.3 Å². The number of nitrogens with two attached hydrogens (primary N) is 1. The highest BCUT2D eigenvalue weighted by Crippen LogP contribution is 2.23. The van der Waals surface area contributed by atoms with Crippen LogP contribution in [0.5, 0.6) is 0 Å². The molecule has 0 aliphatic rings. The molecule has 3 N–H and O–H groups in total. The van der Waals surface area contributed by atoms with E-state index in [0.29, 0.717) is 18.8 Å². The number of hydrogen-bond donors (Lipinski definition) is 2. The number of aromatic nitrogens is 1. The maximum atomic E-state index is 11.8. The molecule has 1 atom stereocenters. The van der Waals surface area contributed by atoms with Crippen LogP contribution in [-0.4, -0.2) is 24.0 Å². The normalized spacial score (nSPS) is 12.3. The predicted molar refractivity (Wildman–Crippen MR) is 70.4 cm³/mol. The van der Waals surface area contributed by atoms with Gasteiger partial charge in [0, 0.05) is 17.5 Å². The van der Waals surface area contributed by atoms with Gasteiger partial charge in [-0.1, -0.05) is 6.92 Å². The van der Waals surface area contributed by atoms with E-state index in [9.17, 15) is 4.79 Å². The fourth-order valence-corrected chi connectivity index (χ4v) is 2.12. The van der Waals surface area contributed by atoms with Crippen LogP contribution in [0.4, 0.5) is 0 Å². The number of rotatable bonds is 5. The molecule has 6 heteroatoms. The maximum absolute atomic E-state index is 11.8. The summed E-state index contributed by atoms with van der Waals surface area (Å²) >= 11 is 1.42. The lowest BCUT2D eigenvalue weighted by molar-refractivity contribution is 0.0944. The van der Waals surface area contributed by atoms with Gasteiger partial charge in [-0.2, -0.15) is 0 Å². The van der Waals surface area contributed by atoms with Gasteiger partial charge in [0.05, 0.1) is 6.26 Å². The Labute approximate surface area is 109 Å². The summed E-state index contributed by atoms with van der Waals surface area (Å²) in [7, 11) is 0. The minimum Gasteiger partial charge on any atom is -0.472 e. The van der Waals surface area contributed by atoms with E-state index in [-0.39, 0.29) is 11.8 Å². The molecule has 2 heterocycles. The summed E-state index contributed by atoms with van der Waals surface area (Å²) in [6.07, 6.45) is 3.19. The Kier molecular flexibility index (Phi) is 4.11.